The average Bonchev–Trinajstić information content (AvgIpc) is 2.25. The van der Waals surface area contributed by atoms with Crippen LogP contribution in [0.2, 0.25) is 0 Å². The third kappa shape index (κ3) is 2.69. The molecule has 0 aliphatic rings. The summed E-state index contributed by atoms with van der Waals surface area (Å²) in [6, 6.07) is 5.66. The zero-order valence-corrected chi connectivity index (χ0v) is 9.41. The molecular weight excluding hydrogens is 188 g/mol. The number of para-hydroxylation sites is 1. The van der Waals surface area contributed by atoms with E-state index in [2.05, 4.69) is 0 Å². The molecule has 1 aromatic rings. The first-order chi connectivity index (χ1) is 7.20. The van der Waals surface area contributed by atoms with Gasteiger partial charge in [-0.3, -0.25) is 4.79 Å². The minimum atomic E-state index is 0.0363. The van der Waals surface area contributed by atoms with E-state index in [1.807, 2.05) is 31.2 Å². The lowest BCUT2D eigenvalue weighted by Gasteiger charge is -2.10. The van der Waals surface area contributed by atoms with Gasteiger partial charge in [0.15, 0.2) is 5.78 Å². The number of hydrogen-bond donors (Lipinski definition) is 0. The summed E-state index contributed by atoms with van der Waals surface area (Å²) in [5.41, 5.74) is 1.70. The maximum absolute atomic E-state index is 11.4. The summed E-state index contributed by atoms with van der Waals surface area (Å²) in [7, 11) is 1.60. The Morgan fingerprint density at radius 3 is 2.73 bits per heavy atom. The van der Waals surface area contributed by atoms with Crippen molar-refractivity contribution in [2.75, 3.05) is 7.11 Å². The van der Waals surface area contributed by atoms with Crippen LogP contribution in [0.4, 0.5) is 0 Å². The van der Waals surface area contributed by atoms with Crippen LogP contribution in [0.1, 0.15) is 29.8 Å². The van der Waals surface area contributed by atoms with E-state index in [4.69, 9.17) is 4.74 Å². The minimum Gasteiger partial charge on any atom is -0.496 e. The molecule has 80 valence electrons. The number of ether oxygens (including phenoxy) is 1. The van der Waals surface area contributed by atoms with Gasteiger partial charge >= 0.3 is 0 Å². The number of methoxy groups -OCH3 is 1. The van der Waals surface area contributed by atoms with Crippen LogP contribution in [0.25, 0.3) is 0 Å². The molecule has 0 saturated carbocycles. The standard InChI is InChI=1S/C13H16O2/c1-4-5-7-11-8-6-9-12(10(2)14)13(11)15-3/h4-6,8-9H,7H2,1-3H3/b5-4-. The molecule has 0 radical (unpaired) electrons. The predicted octanol–water partition coefficient (Wildman–Crippen LogP) is 3.02. The molecule has 0 atom stereocenters. The summed E-state index contributed by atoms with van der Waals surface area (Å²) in [6.07, 6.45) is 4.82. The van der Waals surface area contributed by atoms with Gasteiger partial charge in [-0.15, -0.1) is 0 Å². The summed E-state index contributed by atoms with van der Waals surface area (Å²) in [5.74, 6) is 0.734. The molecule has 0 aliphatic carbocycles. The molecule has 0 aromatic heterocycles. The monoisotopic (exact) mass is 204 g/mol. The highest BCUT2D eigenvalue weighted by Gasteiger charge is 2.10. The first kappa shape index (κ1) is 11.5. The molecule has 0 N–H and O–H groups in total. The van der Waals surface area contributed by atoms with Crippen molar-refractivity contribution in [1.82, 2.24) is 0 Å². The van der Waals surface area contributed by atoms with E-state index in [1.165, 1.54) is 0 Å². The Morgan fingerprint density at radius 2 is 2.20 bits per heavy atom. The van der Waals surface area contributed by atoms with E-state index >= 15 is 0 Å². The highest BCUT2D eigenvalue weighted by atomic mass is 16.5. The average molecular weight is 204 g/mol. The molecule has 2 heteroatoms. The van der Waals surface area contributed by atoms with E-state index in [-0.39, 0.29) is 5.78 Å². The number of Topliss-reactive ketones (excluding diaryl/α,β-unsaturated/α-hetero) is 1. The van der Waals surface area contributed by atoms with E-state index in [0.717, 1.165) is 12.0 Å². The maximum atomic E-state index is 11.4. The molecule has 1 aromatic carbocycles. The Hall–Kier alpha value is -1.57. The second kappa shape index (κ2) is 5.35. The topological polar surface area (TPSA) is 26.3 Å². The molecule has 0 aliphatic heterocycles. The Labute approximate surface area is 90.6 Å². The smallest absolute Gasteiger partial charge is 0.163 e. The largest absolute Gasteiger partial charge is 0.496 e. The van der Waals surface area contributed by atoms with Gasteiger partial charge in [0, 0.05) is 0 Å². The fraction of sp³-hybridized carbons (Fsp3) is 0.308. The quantitative estimate of drug-likeness (QED) is 0.556. The van der Waals surface area contributed by atoms with Gasteiger partial charge in [-0.05, 0) is 31.9 Å². The van der Waals surface area contributed by atoms with E-state index in [1.54, 1.807) is 20.1 Å². The highest BCUT2D eigenvalue weighted by molar-refractivity contribution is 5.97. The van der Waals surface area contributed by atoms with Crippen LogP contribution < -0.4 is 4.74 Å². The van der Waals surface area contributed by atoms with Gasteiger partial charge in [0.2, 0.25) is 0 Å². The number of carbonyl (C=O) groups excluding carboxylic acids is 1. The normalized spacial score (nSPS) is 10.6. The number of benzene rings is 1. The third-order valence-electron chi connectivity index (χ3n) is 2.25. The highest BCUT2D eigenvalue weighted by Crippen LogP contribution is 2.24. The van der Waals surface area contributed by atoms with Crippen molar-refractivity contribution in [3.05, 3.63) is 41.5 Å². The first-order valence-corrected chi connectivity index (χ1v) is 4.98. The van der Waals surface area contributed by atoms with Gasteiger partial charge in [0.25, 0.3) is 0 Å². The zero-order valence-electron chi connectivity index (χ0n) is 9.41. The van der Waals surface area contributed by atoms with E-state index < -0.39 is 0 Å². The van der Waals surface area contributed by atoms with Crippen molar-refractivity contribution in [2.24, 2.45) is 0 Å². The summed E-state index contributed by atoms with van der Waals surface area (Å²) in [5, 5.41) is 0. The lowest BCUT2D eigenvalue weighted by atomic mass is 10.0. The van der Waals surface area contributed by atoms with Crippen LogP contribution in [0.5, 0.6) is 5.75 Å². The fourth-order valence-electron chi connectivity index (χ4n) is 1.51. The van der Waals surface area contributed by atoms with Crippen molar-refractivity contribution >= 4 is 5.78 Å². The second-order valence-electron chi connectivity index (χ2n) is 3.33. The molecule has 2 nitrogen and oxygen atoms in total. The van der Waals surface area contributed by atoms with Crippen LogP contribution in [-0.4, -0.2) is 12.9 Å². The lowest BCUT2D eigenvalue weighted by molar-refractivity contribution is 0.101. The predicted molar refractivity (Wildman–Crippen MR) is 61.5 cm³/mol. The van der Waals surface area contributed by atoms with Crippen LogP contribution in [0.15, 0.2) is 30.4 Å². The van der Waals surface area contributed by atoms with Gasteiger partial charge in [0.1, 0.15) is 5.75 Å². The molecule has 0 amide bonds. The van der Waals surface area contributed by atoms with Gasteiger partial charge in [0.05, 0.1) is 12.7 Å². The van der Waals surface area contributed by atoms with Crippen molar-refractivity contribution < 1.29 is 9.53 Å². The van der Waals surface area contributed by atoms with Gasteiger partial charge in [-0.2, -0.15) is 0 Å². The fourth-order valence-corrected chi connectivity index (χ4v) is 1.51. The van der Waals surface area contributed by atoms with Crippen LogP contribution in [0.3, 0.4) is 0 Å². The van der Waals surface area contributed by atoms with Crippen LogP contribution >= 0.6 is 0 Å². The number of allylic oxidation sites excluding steroid dienone is 2. The number of carbonyl (C=O) groups is 1. The van der Waals surface area contributed by atoms with Crippen molar-refractivity contribution in [2.45, 2.75) is 20.3 Å². The first-order valence-electron chi connectivity index (χ1n) is 4.98. The minimum absolute atomic E-state index is 0.0363. The Kier molecular flexibility index (Phi) is 4.10. The molecule has 0 fully saturated rings. The van der Waals surface area contributed by atoms with Gasteiger partial charge < -0.3 is 4.74 Å². The van der Waals surface area contributed by atoms with Crippen LogP contribution in [0, 0.1) is 0 Å². The van der Waals surface area contributed by atoms with E-state index in [0.29, 0.717) is 11.3 Å². The molecule has 0 unspecified atom stereocenters. The Balaban J connectivity index is 3.15. The molecule has 0 spiro atoms. The molecule has 0 bridgehead atoms. The number of rotatable bonds is 4. The molecular formula is C13H16O2. The maximum Gasteiger partial charge on any atom is 0.163 e. The van der Waals surface area contributed by atoms with Crippen molar-refractivity contribution in [3.8, 4) is 5.75 Å². The summed E-state index contributed by atoms with van der Waals surface area (Å²) in [6.45, 7) is 3.53. The third-order valence-corrected chi connectivity index (χ3v) is 2.25. The van der Waals surface area contributed by atoms with Crippen molar-refractivity contribution in [1.29, 1.82) is 0 Å². The van der Waals surface area contributed by atoms with Gasteiger partial charge in [-0.25, -0.2) is 0 Å². The number of hydrogen-bond acceptors (Lipinski definition) is 2. The second-order valence-corrected chi connectivity index (χ2v) is 3.33. The number of ketones is 1. The van der Waals surface area contributed by atoms with Gasteiger partial charge in [-0.1, -0.05) is 24.3 Å². The Morgan fingerprint density at radius 1 is 1.47 bits per heavy atom. The Bertz CT molecular complexity index is 378. The van der Waals surface area contributed by atoms with Crippen molar-refractivity contribution in [3.63, 3.8) is 0 Å². The summed E-state index contributed by atoms with van der Waals surface area (Å²) >= 11 is 0. The molecule has 1 rings (SSSR count). The lowest BCUT2D eigenvalue weighted by Crippen LogP contribution is -2.00. The summed E-state index contributed by atoms with van der Waals surface area (Å²) in [4.78, 5) is 11.4. The molecule has 15 heavy (non-hydrogen) atoms. The summed E-state index contributed by atoms with van der Waals surface area (Å²) < 4.78 is 5.28. The van der Waals surface area contributed by atoms with E-state index in [9.17, 15) is 4.79 Å². The SMILES string of the molecule is C/C=C\Cc1cccc(C(C)=O)c1OC. The molecule has 0 heterocycles. The zero-order chi connectivity index (χ0) is 11.3. The molecule has 0 saturated heterocycles. The van der Waals surface area contributed by atoms with Crippen LogP contribution in [-0.2, 0) is 6.42 Å².